The third-order valence-electron chi connectivity index (χ3n) is 4.35. The lowest BCUT2D eigenvalue weighted by Gasteiger charge is -2.34. The Labute approximate surface area is 130 Å². The zero-order valence-corrected chi connectivity index (χ0v) is 13.0. The standard InChI is InChI=1S/C16H22N2O2S/c19-16(20)12-17-7-3-8-18(10-9-17)14-6-11-21-15-5-2-1-4-13(14)15/h1-2,4-5,14H,3,6-12H2,(H,19,20). The molecule has 1 N–H and O–H groups in total. The number of nitrogens with zero attached hydrogens (tertiary/aromatic N) is 2. The molecule has 1 atom stereocenters. The molecule has 0 aromatic heterocycles. The van der Waals surface area contributed by atoms with Gasteiger partial charge in [0.1, 0.15) is 0 Å². The van der Waals surface area contributed by atoms with Crippen molar-refractivity contribution in [3.63, 3.8) is 0 Å². The molecular weight excluding hydrogens is 284 g/mol. The van der Waals surface area contributed by atoms with Crippen LogP contribution < -0.4 is 0 Å². The van der Waals surface area contributed by atoms with Gasteiger partial charge < -0.3 is 5.11 Å². The Morgan fingerprint density at radius 1 is 1.24 bits per heavy atom. The summed E-state index contributed by atoms with van der Waals surface area (Å²) in [5.41, 5.74) is 1.46. The van der Waals surface area contributed by atoms with Gasteiger partial charge in [-0.1, -0.05) is 18.2 Å². The number of aliphatic carboxylic acids is 1. The van der Waals surface area contributed by atoms with E-state index in [0.717, 1.165) is 32.6 Å². The second-order valence-electron chi connectivity index (χ2n) is 5.75. The van der Waals surface area contributed by atoms with Crippen molar-refractivity contribution in [2.45, 2.75) is 23.8 Å². The molecule has 0 saturated carbocycles. The van der Waals surface area contributed by atoms with Crippen LogP contribution in [-0.4, -0.2) is 59.4 Å². The normalized spacial score (nSPS) is 24.3. The maximum Gasteiger partial charge on any atom is 0.317 e. The fraction of sp³-hybridized carbons (Fsp3) is 0.562. The van der Waals surface area contributed by atoms with Crippen molar-refractivity contribution in [1.82, 2.24) is 9.80 Å². The lowest BCUT2D eigenvalue weighted by molar-refractivity contribution is -0.138. The average molecular weight is 306 g/mol. The van der Waals surface area contributed by atoms with Gasteiger partial charge in [0.25, 0.3) is 0 Å². The van der Waals surface area contributed by atoms with Crippen LogP contribution in [0.1, 0.15) is 24.4 Å². The summed E-state index contributed by atoms with van der Waals surface area (Å²) < 4.78 is 0. The van der Waals surface area contributed by atoms with Gasteiger partial charge in [0, 0.05) is 37.1 Å². The maximum atomic E-state index is 10.9. The SMILES string of the molecule is O=C(O)CN1CCCN(C2CCSc3ccccc32)CC1. The van der Waals surface area contributed by atoms with Gasteiger partial charge in [-0.2, -0.15) is 0 Å². The van der Waals surface area contributed by atoms with Crippen molar-refractivity contribution < 1.29 is 9.90 Å². The molecule has 1 aromatic rings. The molecule has 5 heteroatoms. The predicted octanol–water partition coefficient (Wildman–Crippen LogP) is 2.32. The lowest BCUT2D eigenvalue weighted by atomic mass is 10.0. The quantitative estimate of drug-likeness (QED) is 0.928. The van der Waals surface area contributed by atoms with Gasteiger partial charge in [-0.15, -0.1) is 11.8 Å². The van der Waals surface area contributed by atoms with Gasteiger partial charge in [-0.05, 0) is 30.2 Å². The van der Waals surface area contributed by atoms with E-state index in [1.165, 1.54) is 22.6 Å². The first-order valence-corrected chi connectivity index (χ1v) is 8.62. The van der Waals surface area contributed by atoms with Crippen LogP contribution in [-0.2, 0) is 4.79 Å². The number of hydrogen-bond acceptors (Lipinski definition) is 4. The summed E-state index contributed by atoms with van der Waals surface area (Å²) in [6.45, 7) is 3.96. The van der Waals surface area contributed by atoms with Gasteiger partial charge in [0.05, 0.1) is 6.54 Å². The van der Waals surface area contributed by atoms with Crippen LogP contribution in [0.3, 0.4) is 0 Å². The highest BCUT2D eigenvalue weighted by Crippen LogP contribution is 2.39. The summed E-state index contributed by atoms with van der Waals surface area (Å²) in [7, 11) is 0. The second-order valence-corrected chi connectivity index (χ2v) is 6.89. The monoisotopic (exact) mass is 306 g/mol. The molecule has 3 rings (SSSR count). The molecule has 2 aliphatic rings. The number of hydrogen-bond donors (Lipinski definition) is 1. The van der Waals surface area contributed by atoms with Crippen LogP contribution in [0.5, 0.6) is 0 Å². The van der Waals surface area contributed by atoms with E-state index in [2.05, 4.69) is 34.1 Å². The Morgan fingerprint density at radius 2 is 2.10 bits per heavy atom. The molecule has 1 unspecified atom stereocenters. The summed E-state index contributed by atoms with van der Waals surface area (Å²) in [6, 6.07) is 9.23. The van der Waals surface area contributed by atoms with Crippen LogP contribution in [0, 0.1) is 0 Å². The van der Waals surface area contributed by atoms with E-state index in [-0.39, 0.29) is 6.54 Å². The minimum atomic E-state index is -0.720. The van der Waals surface area contributed by atoms with E-state index in [1.807, 2.05) is 11.8 Å². The molecule has 0 radical (unpaired) electrons. The van der Waals surface area contributed by atoms with Gasteiger partial charge in [0.15, 0.2) is 0 Å². The fourth-order valence-electron chi connectivity index (χ4n) is 3.35. The molecule has 0 bridgehead atoms. The van der Waals surface area contributed by atoms with E-state index in [4.69, 9.17) is 5.11 Å². The number of thioether (sulfide) groups is 1. The fourth-order valence-corrected chi connectivity index (χ4v) is 4.46. The minimum absolute atomic E-state index is 0.172. The predicted molar refractivity (Wildman–Crippen MR) is 84.8 cm³/mol. The lowest BCUT2D eigenvalue weighted by Crippen LogP contribution is -2.36. The second kappa shape index (κ2) is 6.81. The first kappa shape index (κ1) is 14.9. The Hall–Kier alpha value is -1.04. The number of fused-ring (bicyclic) bond motifs is 1. The zero-order chi connectivity index (χ0) is 14.7. The maximum absolute atomic E-state index is 10.9. The van der Waals surface area contributed by atoms with Crippen LogP contribution >= 0.6 is 11.8 Å². The van der Waals surface area contributed by atoms with Crippen LogP contribution in [0.2, 0.25) is 0 Å². The van der Waals surface area contributed by atoms with Crippen molar-refractivity contribution in [3.8, 4) is 0 Å². The first-order valence-electron chi connectivity index (χ1n) is 7.64. The summed E-state index contributed by atoms with van der Waals surface area (Å²) in [6.07, 6.45) is 2.25. The van der Waals surface area contributed by atoms with Crippen molar-refractivity contribution in [1.29, 1.82) is 0 Å². The van der Waals surface area contributed by atoms with Crippen molar-refractivity contribution in [3.05, 3.63) is 29.8 Å². The summed E-state index contributed by atoms with van der Waals surface area (Å²) in [4.78, 5) is 16.9. The minimum Gasteiger partial charge on any atom is -0.480 e. The third kappa shape index (κ3) is 3.59. The smallest absolute Gasteiger partial charge is 0.317 e. The molecule has 1 fully saturated rings. The van der Waals surface area contributed by atoms with E-state index in [0.29, 0.717) is 6.04 Å². The van der Waals surface area contributed by atoms with Crippen LogP contribution in [0.15, 0.2) is 29.2 Å². The topological polar surface area (TPSA) is 43.8 Å². The molecular formula is C16H22N2O2S. The third-order valence-corrected chi connectivity index (χ3v) is 5.47. The molecule has 2 heterocycles. The molecule has 114 valence electrons. The van der Waals surface area contributed by atoms with Crippen LogP contribution in [0.4, 0.5) is 0 Å². The van der Waals surface area contributed by atoms with Gasteiger partial charge >= 0.3 is 5.97 Å². The van der Waals surface area contributed by atoms with E-state index >= 15 is 0 Å². The molecule has 21 heavy (non-hydrogen) atoms. The molecule has 1 saturated heterocycles. The van der Waals surface area contributed by atoms with E-state index < -0.39 is 5.97 Å². The molecule has 1 aromatic carbocycles. The zero-order valence-electron chi connectivity index (χ0n) is 12.2. The Bertz CT molecular complexity index is 509. The Morgan fingerprint density at radius 3 is 2.95 bits per heavy atom. The summed E-state index contributed by atoms with van der Waals surface area (Å²) >= 11 is 1.96. The van der Waals surface area contributed by atoms with E-state index in [1.54, 1.807) is 0 Å². The van der Waals surface area contributed by atoms with Crippen molar-refractivity contribution in [2.75, 3.05) is 38.5 Å². The molecule has 0 amide bonds. The summed E-state index contributed by atoms with van der Waals surface area (Å²) in [5.74, 6) is 0.458. The number of carboxylic acid groups (broad SMARTS) is 1. The largest absolute Gasteiger partial charge is 0.480 e. The number of carboxylic acids is 1. The molecule has 0 aliphatic carbocycles. The van der Waals surface area contributed by atoms with E-state index in [9.17, 15) is 4.79 Å². The van der Waals surface area contributed by atoms with Crippen LogP contribution in [0.25, 0.3) is 0 Å². The number of carbonyl (C=O) groups is 1. The number of rotatable bonds is 3. The Balaban J connectivity index is 1.69. The van der Waals surface area contributed by atoms with Gasteiger partial charge in [-0.3, -0.25) is 14.6 Å². The molecule has 4 nitrogen and oxygen atoms in total. The first-order chi connectivity index (χ1) is 10.2. The van der Waals surface area contributed by atoms with Gasteiger partial charge in [-0.25, -0.2) is 0 Å². The Kier molecular flexibility index (Phi) is 4.83. The molecule has 0 spiro atoms. The highest BCUT2D eigenvalue weighted by molar-refractivity contribution is 7.99. The summed E-state index contributed by atoms with van der Waals surface area (Å²) in [5, 5.41) is 8.94. The highest BCUT2D eigenvalue weighted by atomic mass is 32.2. The van der Waals surface area contributed by atoms with Crippen molar-refractivity contribution >= 4 is 17.7 Å². The average Bonchev–Trinajstić information content (AvgIpc) is 2.71. The van der Waals surface area contributed by atoms with Crippen molar-refractivity contribution in [2.24, 2.45) is 0 Å². The highest BCUT2D eigenvalue weighted by Gasteiger charge is 2.27. The number of benzene rings is 1. The molecule has 2 aliphatic heterocycles. The van der Waals surface area contributed by atoms with Gasteiger partial charge in [0.2, 0.25) is 0 Å².